The Kier molecular flexibility index (Phi) is 6.01. The third-order valence-corrected chi connectivity index (χ3v) is 7.05. The van der Waals surface area contributed by atoms with E-state index in [9.17, 15) is 13.2 Å². The summed E-state index contributed by atoms with van der Waals surface area (Å²) in [4.78, 5) is 11.4. The van der Waals surface area contributed by atoms with Gasteiger partial charge in [-0.25, -0.2) is 18.2 Å². The van der Waals surface area contributed by atoms with Crippen molar-refractivity contribution < 1.29 is 13.2 Å². The van der Waals surface area contributed by atoms with Crippen LogP contribution in [0.1, 0.15) is 49.1 Å². The van der Waals surface area contributed by atoms with E-state index >= 15 is 0 Å². The summed E-state index contributed by atoms with van der Waals surface area (Å²) in [6.07, 6.45) is -1.06. The van der Waals surface area contributed by atoms with E-state index in [4.69, 9.17) is 9.98 Å². The van der Waals surface area contributed by atoms with Crippen molar-refractivity contribution in [3.63, 3.8) is 0 Å². The van der Waals surface area contributed by atoms with E-state index in [2.05, 4.69) is 25.1 Å². The highest BCUT2D eigenvalue weighted by molar-refractivity contribution is 7.18. The molecule has 152 valence electrons. The molecule has 0 spiro atoms. The van der Waals surface area contributed by atoms with Gasteiger partial charge in [0.15, 0.2) is 6.17 Å². The van der Waals surface area contributed by atoms with Gasteiger partial charge in [-0.3, -0.25) is 4.99 Å². The molecule has 2 aliphatic heterocycles. The summed E-state index contributed by atoms with van der Waals surface area (Å²) >= 11 is 1.72. The summed E-state index contributed by atoms with van der Waals surface area (Å²) in [6, 6.07) is 6.43. The number of likely N-dealkylation sites (tertiary alicyclic amines) is 1. The number of alkyl halides is 3. The molecule has 3 nitrogen and oxygen atoms in total. The standard InChI is InChI=1S/C21H26F3N3S/c1-13-2-4-17(25-11-13)15-3-5-19-18(10-15)26-21(28-19)14-6-8-27(9-7-14)12-16(22)20(23)24/h3,5,10,13-14,16,20H,2,4,6-9,11-12H2,1H3. The molecule has 0 aliphatic carbocycles. The largest absolute Gasteiger partial charge is 0.300 e. The number of thiazole rings is 1. The van der Waals surface area contributed by atoms with Crippen LogP contribution in [0.5, 0.6) is 0 Å². The summed E-state index contributed by atoms with van der Waals surface area (Å²) in [5, 5.41) is 1.11. The van der Waals surface area contributed by atoms with Gasteiger partial charge >= 0.3 is 0 Å². The molecular formula is C21H26F3N3S. The Morgan fingerprint density at radius 1 is 1.18 bits per heavy atom. The fourth-order valence-corrected chi connectivity index (χ4v) is 5.16. The minimum Gasteiger partial charge on any atom is -0.300 e. The molecule has 0 radical (unpaired) electrons. The molecule has 2 aromatic rings. The zero-order chi connectivity index (χ0) is 19.7. The molecule has 0 saturated carbocycles. The number of benzene rings is 1. The van der Waals surface area contributed by atoms with E-state index in [1.807, 2.05) is 0 Å². The number of halogens is 3. The second-order valence-corrected chi connectivity index (χ2v) is 9.15. The van der Waals surface area contributed by atoms with Gasteiger partial charge in [0.05, 0.1) is 15.2 Å². The van der Waals surface area contributed by atoms with Crippen LogP contribution in [0.4, 0.5) is 13.2 Å². The van der Waals surface area contributed by atoms with E-state index < -0.39 is 12.6 Å². The van der Waals surface area contributed by atoms with Crippen molar-refractivity contribution in [3.05, 3.63) is 28.8 Å². The fourth-order valence-electron chi connectivity index (χ4n) is 4.04. The van der Waals surface area contributed by atoms with Gasteiger partial charge in [-0.1, -0.05) is 13.0 Å². The molecule has 7 heteroatoms. The van der Waals surface area contributed by atoms with Crippen LogP contribution in [0.25, 0.3) is 10.2 Å². The highest BCUT2D eigenvalue weighted by Gasteiger charge is 2.28. The average molecular weight is 410 g/mol. The van der Waals surface area contributed by atoms with Crippen molar-refractivity contribution in [2.24, 2.45) is 10.9 Å². The molecule has 0 N–H and O–H groups in total. The van der Waals surface area contributed by atoms with Crippen molar-refractivity contribution >= 4 is 27.3 Å². The van der Waals surface area contributed by atoms with E-state index in [0.717, 1.165) is 36.3 Å². The van der Waals surface area contributed by atoms with Crippen LogP contribution in [0.15, 0.2) is 23.2 Å². The Hall–Kier alpha value is -1.47. The van der Waals surface area contributed by atoms with E-state index in [1.165, 1.54) is 22.4 Å². The smallest absolute Gasteiger partial charge is 0.270 e. The molecule has 0 amide bonds. The quantitative estimate of drug-likeness (QED) is 0.671. The van der Waals surface area contributed by atoms with Gasteiger partial charge in [-0.15, -0.1) is 11.3 Å². The first-order valence-corrected chi connectivity index (χ1v) is 10.9. The number of piperidine rings is 1. The summed E-state index contributed by atoms with van der Waals surface area (Å²) in [5.41, 5.74) is 3.37. The third-order valence-electron chi connectivity index (χ3n) is 5.85. The highest BCUT2D eigenvalue weighted by atomic mass is 32.1. The first-order chi connectivity index (χ1) is 13.5. The second-order valence-electron chi connectivity index (χ2n) is 8.09. The van der Waals surface area contributed by atoms with E-state index in [1.54, 1.807) is 16.2 Å². The van der Waals surface area contributed by atoms with Crippen molar-refractivity contribution in [2.75, 3.05) is 26.2 Å². The normalized spacial score (nSPS) is 23.3. The molecule has 28 heavy (non-hydrogen) atoms. The zero-order valence-corrected chi connectivity index (χ0v) is 16.9. The molecule has 2 unspecified atom stereocenters. The molecule has 4 rings (SSSR count). The van der Waals surface area contributed by atoms with Crippen LogP contribution in [0.3, 0.4) is 0 Å². The molecular weight excluding hydrogens is 383 g/mol. The lowest BCUT2D eigenvalue weighted by atomic mass is 9.96. The Morgan fingerprint density at radius 3 is 2.64 bits per heavy atom. The van der Waals surface area contributed by atoms with Gasteiger partial charge in [-0.05, 0) is 62.4 Å². The number of fused-ring (bicyclic) bond motifs is 1. The van der Waals surface area contributed by atoms with Gasteiger partial charge in [0.2, 0.25) is 0 Å². The summed E-state index contributed by atoms with van der Waals surface area (Å²) in [6.45, 7) is 4.26. The topological polar surface area (TPSA) is 28.5 Å². The van der Waals surface area contributed by atoms with Crippen molar-refractivity contribution in [3.8, 4) is 0 Å². The lowest BCUT2D eigenvalue weighted by Crippen LogP contribution is -2.39. The van der Waals surface area contributed by atoms with Crippen molar-refractivity contribution in [2.45, 2.75) is 51.1 Å². The molecule has 1 saturated heterocycles. The maximum absolute atomic E-state index is 13.3. The number of aliphatic imine (C=N–C) groups is 1. The highest BCUT2D eigenvalue weighted by Crippen LogP contribution is 2.34. The minimum atomic E-state index is -2.90. The monoisotopic (exact) mass is 409 g/mol. The number of nitrogens with zero attached hydrogens (tertiary/aromatic N) is 3. The van der Waals surface area contributed by atoms with E-state index in [0.29, 0.717) is 24.9 Å². The summed E-state index contributed by atoms with van der Waals surface area (Å²) < 4.78 is 39.3. The van der Waals surface area contributed by atoms with Crippen molar-refractivity contribution in [1.29, 1.82) is 0 Å². The SMILES string of the molecule is CC1CCC(c2ccc3sc(C4CCN(CC(F)C(F)F)CC4)nc3c2)=NC1. The molecule has 1 aromatic heterocycles. The van der Waals surface area contributed by atoms with Gasteiger partial charge in [0, 0.05) is 24.7 Å². The molecule has 1 aromatic carbocycles. The molecule has 3 heterocycles. The minimum absolute atomic E-state index is 0.172. The Labute approximate surface area is 167 Å². The van der Waals surface area contributed by atoms with Crippen molar-refractivity contribution in [1.82, 2.24) is 9.88 Å². The van der Waals surface area contributed by atoms with Crippen LogP contribution in [-0.2, 0) is 0 Å². The second kappa shape index (κ2) is 8.49. The molecule has 2 aliphatic rings. The fraction of sp³-hybridized carbons (Fsp3) is 0.619. The third kappa shape index (κ3) is 4.40. The van der Waals surface area contributed by atoms with Crippen LogP contribution >= 0.6 is 11.3 Å². The number of aromatic nitrogens is 1. The molecule has 1 fully saturated rings. The first kappa shape index (κ1) is 19.8. The molecule has 0 bridgehead atoms. The zero-order valence-electron chi connectivity index (χ0n) is 16.1. The van der Waals surface area contributed by atoms with Crippen LogP contribution in [0.2, 0.25) is 0 Å². The number of rotatable bonds is 5. The first-order valence-electron chi connectivity index (χ1n) is 10.1. The lowest BCUT2D eigenvalue weighted by Gasteiger charge is -2.31. The Balaban J connectivity index is 1.43. The maximum atomic E-state index is 13.3. The van der Waals surface area contributed by atoms with E-state index in [-0.39, 0.29) is 6.54 Å². The summed E-state index contributed by atoms with van der Waals surface area (Å²) in [5.74, 6) is 0.993. The van der Waals surface area contributed by atoms with Gasteiger partial charge in [0.25, 0.3) is 6.43 Å². The maximum Gasteiger partial charge on any atom is 0.270 e. The lowest BCUT2D eigenvalue weighted by molar-refractivity contribution is 0.0230. The number of hydrogen-bond donors (Lipinski definition) is 0. The predicted octanol–water partition coefficient (Wildman–Crippen LogP) is 5.30. The van der Waals surface area contributed by atoms with Gasteiger partial charge in [0.1, 0.15) is 0 Å². The van der Waals surface area contributed by atoms with Gasteiger partial charge in [-0.2, -0.15) is 0 Å². The summed E-state index contributed by atoms with van der Waals surface area (Å²) in [7, 11) is 0. The average Bonchev–Trinajstić information content (AvgIpc) is 3.12. The predicted molar refractivity (Wildman–Crippen MR) is 109 cm³/mol. The molecule has 2 atom stereocenters. The number of hydrogen-bond acceptors (Lipinski definition) is 4. The van der Waals surface area contributed by atoms with Crippen LogP contribution in [0, 0.1) is 5.92 Å². The Morgan fingerprint density at radius 2 is 1.96 bits per heavy atom. The van der Waals surface area contributed by atoms with Crippen LogP contribution in [-0.4, -0.2) is 54.4 Å². The van der Waals surface area contributed by atoms with Gasteiger partial charge < -0.3 is 4.90 Å². The Bertz CT molecular complexity index is 843. The van der Waals surface area contributed by atoms with Crippen LogP contribution < -0.4 is 0 Å².